The van der Waals surface area contributed by atoms with Crippen LogP contribution in [-0.2, 0) is 14.8 Å². The second kappa shape index (κ2) is 9.77. The van der Waals surface area contributed by atoms with Gasteiger partial charge in [0.15, 0.2) is 0 Å². The number of hydrogen-bond donors (Lipinski definition) is 1. The van der Waals surface area contributed by atoms with Gasteiger partial charge in [0.05, 0.1) is 17.7 Å². The van der Waals surface area contributed by atoms with Gasteiger partial charge < -0.3 is 14.5 Å². The van der Waals surface area contributed by atoms with E-state index in [0.29, 0.717) is 19.6 Å². The topological polar surface area (TPSA) is 79.0 Å². The third-order valence-electron chi connectivity index (χ3n) is 4.96. The third-order valence-corrected chi connectivity index (χ3v) is 6.52. The Labute approximate surface area is 178 Å². The number of sulfonamides is 1. The van der Waals surface area contributed by atoms with E-state index in [0.717, 1.165) is 30.1 Å². The molecule has 1 fully saturated rings. The molecule has 0 aliphatic carbocycles. The molecule has 30 heavy (non-hydrogen) atoms. The van der Waals surface area contributed by atoms with Gasteiger partial charge in [0.25, 0.3) is 0 Å². The molecule has 1 heterocycles. The van der Waals surface area contributed by atoms with Crippen LogP contribution in [0, 0.1) is 0 Å². The number of piperazine rings is 1. The molecule has 3 rings (SSSR count). The number of benzene rings is 2. The molecular weight excluding hydrogens is 402 g/mol. The van der Waals surface area contributed by atoms with E-state index in [-0.39, 0.29) is 10.8 Å². The Kier molecular flexibility index (Phi) is 7.12. The summed E-state index contributed by atoms with van der Waals surface area (Å²) in [7, 11) is -1.81. The van der Waals surface area contributed by atoms with Crippen molar-refractivity contribution >= 4 is 27.7 Å². The number of anilines is 1. The van der Waals surface area contributed by atoms with E-state index in [4.69, 9.17) is 4.74 Å². The van der Waals surface area contributed by atoms with E-state index in [1.165, 1.54) is 18.2 Å². The van der Waals surface area contributed by atoms with Crippen molar-refractivity contribution in [2.45, 2.75) is 11.8 Å². The lowest BCUT2D eigenvalue weighted by molar-refractivity contribution is -0.126. The van der Waals surface area contributed by atoms with Crippen LogP contribution < -0.4 is 14.4 Å². The maximum absolute atomic E-state index is 12.5. The molecule has 0 bridgehead atoms. The third kappa shape index (κ3) is 5.20. The Bertz CT molecular complexity index is 995. The molecule has 1 saturated heterocycles. The van der Waals surface area contributed by atoms with Crippen molar-refractivity contribution in [3.8, 4) is 5.75 Å². The fourth-order valence-electron chi connectivity index (χ4n) is 3.36. The maximum Gasteiger partial charge on any atom is 0.246 e. The Hall–Kier alpha value is -2.84. The minimum Gasteiger partial charge on any atom is -0.495 e. The highest BCUT2D eigenvalue weighted by Crippen LogP contribution is 2.28. The summed E-state index contributed by atoms with van der Waals surface area (Å²) in [5.41, 5.74) is 1.81. The lowest BCUT2D eigenvalue weighted by Crippen LogP contribution is -2.48. The van der Waals surface area contributed by atoms with Gasteiger partial charge in [0.2, 0.25) is 15.9 Å². The van der Waals surface area contributed by atoms with Gasteiger partial charge in [-0.05, 0) is 35.9 Å². The van der Waals surface area contributed by atoms with Crippen LogP contribution >= 0.6 is 0 Å². The zero-order chi connectivity index (χ0) is 21.6. The van der Waals surface area contributed by atoms with E-state index in [9.17, 15) is 13.2 Å². The van der Waals surface area contributed by atoms with Crippen LogP contribution in [0.4, 0.5) is 5.69 Å². The number of nitrogens with zero attached hydrogens (tertiary/aromatic N) is 2. The Morgan fingerprint density at radius 3 is 2.37 bits per heavy atom. The Morgan fingerprint density at radius 2 is 1.73 bits per heavy atom. The van der Waals surface area contributed by atoms with Gasteiger partial charge in [0, 0.05) is 38.8 Å². The predicted molar refractivity (Wildman–Crippen MR) is 118 cm³/mol. The standard InChI is InChI=1S/C22H27N3O4S/c1-3-23-30(27,28)19-11-8-18(9-12-19)10-13-22(26)25-16-14-24(15-17-25)20-6-4-5-7-21(20)29-2/h4-13,23H,3,14-17H2,1-2H3/b13-10+. The molecule has 7 nitrogen and oxygen atoms in total. The number of carbonyl (C=O) groups is 1. The van der Waals surface area contributed by atoms with Crippen LogP contribution in [-0.4, -0.2) is 59.1 Å². The molecule has 0 aromatic heterocycles. The highest BCUT2D eigenvalue weighted by Gasteiger charge is 2.21. The summed E-state index contributed by atoms with van der Waals surface area (Å²) in [5, 5.41) is 0. The van der Waals surface area contributed by atoms with E-state index >= 15 is 0 Å². The normalized spacial score (nSPS) is 14.9. The molecule has 0 unspecified atom stereocenters. The minimum atomic E-state index is -3.47. The average molecular weight is 430 g/mol. The van der Waals surface area contributed by atoms with Crippen molar-refractivity contribution in [1.82, 2.24) is 9.62 Å². The Morgan fingerprint density at radius 1 is 1.07 bits per heavy atom. The first-order valence-electron chi connectivity index (χ1n) is 9.89. The molecule has 0 spiro atoms. The number of methoxy groups -OCH3 is 1. The number of hydrogen-bond acceptors (Lipinski definition) is 5. The summed E-state index contributed by atoms with van der Waals surface area (Å²) in [6, 6.07) is 14.3. The molecule has 2 aromatic carbocycles. The number of ether oxygens (including phenoxy) is 1. The molecule has 2 aromatic rings. The average Bonchev–Trinajstić information content (AvgIpc) is 2.78. The van der Waals surface area contributed by atoms with Crippen molar-refractivity contribution in [3.63, 3.8) is 0 Å². The maximum atomic E-state index is 12.5. The summed E-state index contributed by atoms with van der Waals surface area (Å²) in [5.74, 6) is 0.774. The van der Waals surface area contributed by atoms with Crippen molar-refractivity contribution in [1.29, 1.82) is 0 Å². The highest BCUT2D eigenvalue weighted by atomic mass is 32.2. The molecule has 1 N–H and O–H groups in total. The summed E-state index contributed by atoms with van der Waals surface area (Å²) in [6.07, 6.45) is 3.24. The van der Waals surface area contributed by atoms with Crippen molar-refractivity contribution in [2.75, 3.05) is 44.7 Å². The van der Waals surface area contributed by atoms with Gasteiger partial charge in [0.1, 0.15) is 5.75 Å². The molecule has 160 valence electrons. The quantitative estimate of drug-likeness (QED) is 0.684. The monoisotopic (exact) mass is 429 g/mol. The number of rotatable bonds is 7. The van der Waals surface area contributed by atoms with Crippen LogP contribution in [0.15, 0.2) is 59.5 Å². The predicted octanol–water partition coefficient (Wildman–Crippen LogP) is 2.36. The molecule has 0 saturated carbocycles. The number of carbonyl (C=O) groups excluding carboxylic acids is 1. The summed E-state index contributed by atoms with van der Waals surface area (Å²) in [4.78, 5) is 16.8. The van der Waals surface area contributed by atoms with Crippen LogP contribution in [0.3, 0.4) is 0 Å². The van der Waals surface area contributed by atoms with Gasteiger partial charge in [-0.25, -0.2) is 13.1 Å². The summed E-state index contributed by atoms with van der Waals surface area (Å²) >= 11 is 0. The number of amides is 1. The molecule has 0 radical (unpaired) electrons. The Balaban J connectivity index is 1.57. The van der Waals surface area contributed by atoms with Crippen molar-refractivity contribution < 1.29 is 17.9 Å². The first kappa shape index (κ1) is 21.9. The molecule has 8 heteroatoms. The van der Waals surface area contributed by atoms with Crippen LogP contribution in [0.2, 0.25) is 0 Å². The van der Waals surface area contributed by atoms with Gasteiger partial charge in [-0.15, -0.1) is 0 Å². The zero-order valence-electron chi connectivity index (χ0n) is 17.2. The lowest BCUT2D eigenvalue weighted by Gasteiger charge is -2.36. The van der Waals surface area contributed by atoms with E-state index in [1.54, 1.807) is 32.2 Å². The van der Waals surface area contributed by atoms with Gasteiger partial charge in [-0.1, -0.05) is 31.2 Å². The summed E-state index contributed by atoms with van der Waals surface area (Å²) in [6.45, 7) is 4.79. The van der Waals surface area contributed by atoms with Gasteiger partial charge in [-0.3, -0.25) is 4.79 Å². The lowest BCUT2D eigenvalue weighted by atomic mass is 10.2. The van der Waals surface area contributed by atoms with E-state index in [2.05, 4.69) is 9.62 Å². The van der Waals surface area contributed by atoms with E-state index in [1.807, 2.05) is 29.2 Å². The number of nitrogens with one attached hydrogen (secondary N) is 1. The molecular formula is C22H27N3O4S. The van der Waals surface area contributed by atoms with Crippen LogP contribution in [0.25, 0.3) is 6.08 Å². The SMILES string of the molecule is CCNS(=O)(=O)c1ccc(/C=C/C(=O)N2CCN(c3ccccc3OC)CC2)cc1. The van der Waals surface area contributed by atoms with Crippen LogP contribution in [0.5, 0.6) is 5.75 Å². The zero-order valence-corrected chi connectivity index (χ0v) is 18.1. The fourth-order valence-corrected chi connectivity index (χ4v) is 4.40. The summed E-state index contributed by atoms with van der Waals surface area (Å²) < 4.78 is 31.9. The fraction of sp³-hybridized carbons (Fsp3) is 0.318. The first-order valence-corrected chi connectivity index (χ1v) is 11.4. The molecule has 1 aliphatic rings. The van der Waals surface area contributed by atoms with Gasteiger partial charge in [-0.2, -0.15) is 0 Å². The van der Waals surface area contributed by atoms with Gasteiger partial charge >= 0.3 is 0 Å². The largest absolute Gasteiger partial charge is 0.495 e. The molecule has 0 atom stereocenters. The van der Waals surface area contributed by atoms with E-state index < -0.39 is 10.0 Å². The second-order valence-electron chi connectivity index (χ2n) is 6.89. The highest BCUT2D eigenvalue weighted by molar-refractivity contribution is 7.89. The van der Waals surface area contributed by atoms with Crippen LogP contribution in [0.1, 0.15) is 12.5 Å². The van der Waals surface area contributed by atoms with Crippen molar-refractivity contribution in [3.05, 3.63) is 60.2 Å². The smallest absolute Gasteiger partial charge is 0.246 e. The minimum absolute atomic E-state index is 0.0565. The first-order chi connectivity index (χ1) is 14.4. The molecule has 1 amide bonds. The molecule has 1 aliphatic heterocycles. The van der Waals surface area contributed by atoms with Crippen molar-refractivity contribution in [2.24, 2.45) is 0 Å². The second-order valence-corrected chi connectivity index (χ2v) is 8.65. The number of para-hydroxylation sites is 2.